The third-order valence-electron chi connectivity index (χ3n) is 4.39. The van der Waals surface area contributed by atoms with Crippen LogP contribution < -0.4 is 5.32 Å². The average molecular weight is 426 g/mol. The van der Waals surface area contributed by atoms with Gasteiger partial charge in [0.15, 0.2) is 0 Å². The molecule has 0 fully saturated rings. The molecule has 0 aromatic carbocycles. The van der Waals surface area contributed by atoms with Gasteiger partial charge in [-0.2, -0.15) is 0 Å². The van der Waals surface area contributed by atoms with E-state index in [4.69, 9.17) is 9.05 Å². The van der Waals surface area contributed by atoms with Gasteiger partial charge in [-0.25, -0.2) is 4.57 Å². The molecule has 0 spiro atoms. The summed E-state index contributed by atoms with van der Waals surface area (Å²) in [7, 11) is 1.60. The van der Waals surface area contributed by atoms with Crippen molar-refractivity contribution >= 4 is 13.7 Å². The minimum atomic E-state index is -4.24. The van der Waals surface area contributed by atoms with Gasteiger partial charge in [-0.15, -0.1) is 0 Å². The zero-order valence-electron chi connectivity index (χ0n) is 18.4. The molecule has 3 N–H and O–H groups in total. The zero-order chi connectivity index (χ0) is 21.6. The summed E-state index contributed by atoms with van der Waals surface area (Å²) in [5.41, 5.74) is 0. The number of hydrogen-bond acceptors (Lipinski definition) is 5. The summed E-state index contributed by atoms with van der Waals surface area (Å²) in [4.78, 5) is 21.2. The molecule has 9 heteroatoms. The van der Waals surface area contributed by atoms with Crippen molar-refractivity contribution in [3.05, 3.63) is 0 Å². The van der Waals surface area contributed by atoms with E-state index >= 15 is 0 Å². The number of quaternary nitrogens is 1. The molecule has 8 nitrogen and oxygen atoms in total. The van der Waals surface area contributed by atoms with Crippen LogP contribution in [0.2, 0.25) is 0 Å². The highest BCUT2D eigenvalue weighted by molar-refractivity contribution is 7.47. The molecule has 3 atom stereocenters. The highest BCUT2D eigenvalue weighted by Gasteiger charge is 2.27. The maximum atomic E-state index is 12.0. The first-order valence-electron chi connectivity index (χ1n) is 10.3. The van der Waals surface area contributed by atoms with Crippen molar-refractivity contribution in [1.82, 2.24) is 5.32 Å². The molecule has 0 rings (SSSR count). The second kappa shape index (κ2) is 14.5. The Kier molecular flexibility index (Phi) is 14.2. The summed E-state index contributed by atoms with van der Waals surface area (Å²) in [6, 6.07) is -0.750. The van der Waals surface area contributed by atoms with Crippen molar-refractivity contribution < 1.29 is 32.9 Å². The number of aliphatic hydroxyl groups excluding tert-OH is 1. The molecule has 0 radical (unpaired) electrons. The number of nitrogens with zero attached hydrogens (tertiary/aromatic N) is 1. The van der Waals surface area contributed by atoms with E-state index in [0.29, 0.717) is 17.4 Å². The highest BCUT2D eigenvalue weighted by atomic mass is 31.2. The van der Waals surface area contributed by atoms with Gasteiger partial charge in [0.25, 0.3) is 0 Å². The lowest BCUT2D eigenvalue weighted by atomic mass is 10.0. The van der Waals surface area contributed by atoms with Crippen LogP contribution in [-0.4, -0.2) is 73.4 Å². The van der Waals surface area contributed by atoms with E-state index in [1.165, 1.54) is 32.6 Å². The number of amides is 1. The number of unbranched alkanes of at least 4 members (excludes halogenated alkanes) is 6. The Morgan fingerprint density at radius 2 is 1.64 bits per heavy atom. The van der Waals surface area contributed by atoms with Crippen LogP contribution in [0.5, 0.6) is 0 Å². The van der Waals surface area contributed by atoms with E-state index in [0.717, 1.165) is 19.3 Å². The molecule has 0 heterocycles. The Labute approximate surface area is 170 Å². The van der Waals surface area contributed by atoms with Crippen LogP contribution in [0, 0.1) is 0 Å². The van der Waals surface area contributed by atoms with Crippen LogP contribution in [-0.2, 0) is 18.4 Å². The van der Waals surface area contributed by atoms with Crippen molar-refractivity contribution in [3.63, 3.8) is 0 Å². The molecule has 0 aliphatic carbocycles. The van der Waals surface area contributed by atoms with E-state index in [1.807, 2.05) is 21.1 Å². The van der Waals surface area contributed by atoms with Crippen LogP contribution in [0.25, 0.3) is 0 Å². The number of rotatable bonds is 17. The van der Waals surface area contributed by atoms with Crippen molar-refractivity contribution in [2.45, 2.75) is 77.4 Å². The molecule has 0 saturated carbocycles. The third kappa shape index (κ3) is 16.5. The van der Waals surface area contributed by atoms with Crippen LogP contribution in [0.15, 0.2) is 0 Å². The first kappa shape index (κ1) is 27.5. The number of carbonyl (C=O) groups excluding carboxylic acids is 1. The Morgan fingerprint density at radius 1 is 1.07 bits per heavy atom. The fourth-order valence-electron chi connectivity index (χ4n) is 2.66. The Bertz CT molecular complexity index is 470. The smallest absolute Gasteiger partial charge is 0.391 e. The van der Waals surface area contributed by atoms with Crippen molar-refractivity contribution in [1.29, 1.82) is 0 Å². The van der Waals surface area contributed by atoms with Gasteiger partial charge in [-0.3, -0.25) is 13.8 Å². The lowest BCUT2D eigenvalue weighted by molar-refractivity contribution is -0.870. The van der Waals surface area contributed by atoms with Crippen molar-refractivity contribution in [2.24, 2.45) is 0 Å². The van der Waals surface area contributed by atoms with Crippen LogP contribution in [0.1, 0.15) is 65.2 Å². The number of carbonyl (C=O) groups is 1. The van der Waals surface area contributed by atoms with E-state index in [1.54, 1.807) is 0 Å². The van der Waals surface area contributed by atoms with E-state index in [2.05, 4.69) is 12.2 Å². The number of likely N-dealkylation sites (N-methyl/N-ethyl adjacent to an activating group) is 1. The summed E-state index contributed by atoms with van der Waals surface area (Å²) in [5.74, 6) is -0.328. The topological polar surface area (TPSA) is 105 Å². The fraction of sp³-hybridized carbons (Fsp3) is 0.947. The molecule has 0 aliphatic heterocycles. The summed E-state index contributed by atoms with van der Waals surface area (Å²) in [6.45, 7) is 3.85. The van der Waals surface area contributed by atoms with E-state index in [-0.39, 0.29) is 19.1 Å². The Morgan fingerprint density at radius 3 is 2.18 bits per heavy atom. The lowest BCUT2D eigenvalue weighted by Crippen LogP contribution is -2.45. The fourth-order valence-corrected chi connectivity index (χ4v) is 3.40. The quantitative estimate of drug-likeness (QED) is 0.188. The summed E-state index contributed by atoms with van der Waals surface area (Å²) >= 11 is 0. The summed E-state index contributed by atoms with van der Waals surface area (Å²) < 4.78 is 22.6. The van der Waals surface area contributed by atoms with Crippen LogP contribution >= 0.6 is 7.82 Å². The van der Waals surface area contributed by atoms with Gasteiger partial charge in [-0.05, 0) is 6.42 Å². The normalized spacial score (nSPS) is 16.4. The molecule has 28 heavy (non-hydrogen) atoms. The van der Waals surface area contributed by atoms with Crippen LogP contribution in [0.4, 0.5) is 0 Å². The number of hydrogen-bond donors (Lipinski definition) is 3. The largest absolute Gasteiger partial charge is 0.472 e. The summed E-state index contributed by atoms with van der Waals surface area (Å²) in [6.07, 6.45) is 7.53. The first-order chi connectivity index (χ1) is 13.0. The molecule has 168 valence electrons. The molecule has 0 aromatic heterocycles. The van der Waals surface area contributed by atoms with Gasteiger partial charge in [0.1, 0.15) is 13.2 Å². The minimum absolute atomic E-state index is 0.0721. The highest BCUT2D eigenvalue weighted by Crippen LogP contribution is 2.43. The first-order valence-corrected chi connectivity index (χ1v) is 11.8. The predicted octanol–water partition coefficient (Wildman–Crippen LogP) is 2.83. The number of phosphoric acid groups is 1. The molecule has 0 aromatic rings. The summed E-state index contributed by atoms with van der Waals surface area (Å²) in [5, 5.41) is 13.0. The van der Waals surface area contributed by atoms with Gasteiger partial charge in [-0.1, -0.05) is 51.9 Å². The zero-order valence-corrected chi connectivity index (χ0v) is 19.2. The second-order valence-corrected chi connectivity index (χ2v) is 9.85. The second-order valence-electron chi connectivity index (χ2n) is 8.40. The van der Waals surface area contributed by atoms with E-state index in [9.17, 15) is 19.4 Å². The maximum absolute atomic E-state index is 12.0. The molecular weight excluding hydrogens is 383 g/mol. The Balaban J connectivity index is 4.33. The molecule has 3 unspecified atom stereocenters. The maximum Gasteiger partial charge on any atom is 0.472 e. The molecule has 1 amide bonds. The molecule has 0 saturated heterocycles. The van der Waals surface area contributed by atoms with Gasteiger partial charge in [0.2, 0.25) is 5.91 Å². The van der Waals surface area contributed by atoms with Crippen LogP contribution in [0.3, 0.4) is 0 Å². The van der Waals surface area contributed by atoms with Crippen molar-refractivity contribution in [2.75, 3.05) is 40.9 Å². The minimum Gasteiger partial charge on any atom is -0.391 e. The molecule has 0 bridgehead atoms. The Hall–Kier alpha value is -0.500. The lowest BCUT2D eigenvalue weighted by Gasteiger charge is -2.26. The number of phosphoric ester groups is 1. The number of aliphatic hydroxyl groups is 1. The molecule has 0 aliphatic rings. The van der Waals surface area contributed by atoms with Gasteiger partial charge >= 0.3 is 7.82 Å². The number of nitrogens with one attached hydrogen (secondary N) is 1. The molecular formula is C19H42N2O6P+. The monoisotopic (exact) mass is 425 g/mol. The SMILES string of the molecule is CCCCCCCCCC(O)C(COP(=O)(O)OCC[N+](C)(C)C)NC(C)=O. The van der Waals surface area contributed by atoms with Gasteiger partial charge < -0.3 is 19.8 Å². The average Bonchev–Trinajstić information content (AvgIpc) is 2.56. The van der Waals surface area contributed by atoms with Gasteiger partial charge in [0.05, 0.1) is 39.9 Å². The third-order valence-corrected chi connectivity index (χ3v) is 5.37. The standard InChI is InChI=1S/C19H41N2O6P/c1-6-7-8-9-10-11-12-13-19(23)18(20-17(2)22)16-27-28(24,25)26-15-14-21(3,4)5/h18-19,23H,6-16H2,1-5H3,(H-,20,22,24,25)/p+1. The van der Waals surface area contributed by atoms with Crippen molar-refractivity contribution in [3.8, 4) is 0 Å². The van der Waals surface area contributed by atoms with E-state index < -0.39 is 20.0 Å². The predicted molar refractivity (Wildman–Crippen MR) is 111 cm³/mol. The van der Waals surface area contributed by atoms with Gasteiger partial charge in [0, 0.05) is 6.92 Å².